The molecule has 69 heavy (non-hydrogen) atoms. The molecule has 0 spiro atoms. The second-order valence-corrected chi connectivity index (χ2v) is 16.9. The zero-order valence-corrected chi connectivity index (χ0v) is 37.7. The average molecular weight is 915 g/mol. The lowest BCUT2D eigenvalue weighted by atomic mass is 9.87. The summed E-state index contributed by atoms with van der Waals surface area (Å²) < 4.78 is 3.95. The van der Waals surface area contributed by atoms with E-state index >= 15 is 0 Å². The number of rotatable bonds is 10. The number of amides is 4. The number of anilines is 2. The Morgan fingerprint density at radius 1 is 0.681 bits per heavy atom. The van der Waals surface area contributed by atoms with Crippen LogP contribution in [0.3, 0.4) is 0 Å². The SMILES string of the molecule is C=CC(=O)N1CC(c2ccnc(NC(=O)c3ccc(-c4nc([C@@H]5CCCCN5C(=O)C#CC)n5ccncc45)cc3)c2)CC[C@H]1c1nc(-c2ccc(C(=O)Nc3ccccn3)cc2)c2cnccn12. The van der Waals surface area contributed by atoms with Gasteiger partial charge in [-0.2, -0.15) is 0 Å². The number of nitrogens with one attached hydrogen (secondary N) is 2. The number of aromatic nitrogens is 8. The van der Waals surface area contributed by atoms with Crippen molar-refractivity contribution in [2.45, 2.75) is 57.0 Å². The molecule has 0 saturated carbocycles. The Morgan fingerprint density at radius 3 is 1.88 bits per heavy atom. The number of likely N-dealkylation sites (tertiary alicyclic amines) is 2. The lowest BCUT2D eigenvalue weighted by Gasteiger charge is -2.38. The molecule has 8 aromatic rings. The van der Waals surface area contributed by atoms with Crippen LogP contribution in [-0.4, -0.2) is 85.2 Å². The number of carbonyl (C=O) groups is 4. The van der Waals surface area contributed by atoms with Crippen molar-refractivity contribution < 1.29 is 19.2 Å². The predicted octanol–water partition coefficient (Wildman–Crippen LogP) is 8.11. The number of carbonyl (C=O) groups excluding carboxylic acids is 4. The van der Waals surface area contributed by atoms with Gasteiger partial charge in [-0.3, -0.25) is 37.9 Å². The molecule has 2 N–H and O–H groups in total. The number of benzene rings is 2. The van der Waals surface area contributed by atoms with Crippen LogP contribution in [0.15, 0.2) is 141 Å². The first-order valence-electron chi connectivity index (χ1n) is 22.8. The molecule has 2 aliphatic heterocycles. The highest BCUT2D eigenvalue weighted by Crippen LogP contribution is 2.40. The first-order valence-corrected chi connectivity index (χ1v) is 22.8. The number of piperidine rings is 2. The molecule has 16 nitrogen and oxygen atoms in total. The fourth-order valence-corrected chi connectivity index (χ4v) is 9.45. The van der Waals surface area contributed by atoms with E-state index in [-0.39, 0.29) is 41.6 Å². The van der Waals surface area contributed by atoms with Crippen molar-refractivity contribution in [2.24, 2.45) is 0 Å². The number of pyridine rings is 2. The Morgan fingerprint density at radius 2 is 1.29 bits per heavy atom. The maximum atomic E-state index is 13.7. The van der Waals surface area contributed by atoms with Crippen molar-refractivity contribution in [3.05, 3.63) is 169 Å². The summed E-state index contributed by atoms with van der Waals surface area (Å²) in [6.07, 6.45) is 19.2. The molecular weight excluding hydrogens is 869 g/mol. The van der Waals surface area contributed by atoms with Gasteiger partial charge in [0.1, 0.15) is 23.3 Å². The van der Waals surface area contributed by atoms with Crippen molar-refractivity contribution >= 4 is 46.3 Å². The van der Waals surface area contributed by atoms with Crippen LogP contribution in [0, 0.1) is 11.8 Å². The van der Waals surface area contributed by atoms with E-state index in [1.54, 1.807) is 91.5 Å². The molecule has 0 bridgehead atoms. The monoisotopic (exact) mass is 914 g/mol. The smallest absolute Gasteiger partial charge is 0.299 e. The normalized spacial score (nSPS) is 16.9. The van der Waals surface area contributed by atoms with Gasteiger partial charge in [-0.15, -0.1) is 0 Å². The van der Waals surface area contributed by atoms with Gasteiger partial charge in [0.15, 0.2) is 0 Å². The van der Waals surface area contributed by atoms with Gasteiger partial charge < -0.3 is 20.4 Å². The molecule has 3 atom stereocenters. The third-order valence-electron chi connectivity index (χ3n) is 12.8. The van der Waals surface area contributed by atoms with Crippen LogP contribution >= 0.6 is 0 Å². The largest absolute Gasteiger partial charge is 0.328 e. The van der Waals surface area contributed by atoms with E-state index in [2.05, 4.69) is 49.0 Å². The fourth-order valence-electron chi connectivity index (χ4n) is 9.45. The molecule has 10 rings (SSSR count). The molecular formula is C53H46N12O4. The first kappa shape index (κ1) is 44.0. The van der Waals surface area contributed by atoms with E-state index in [1.165, 1.54) is 6.08 Å². The van der Waals surface area contributed by atoms with Crippen LogP contribution in [0.2, 0.25) is 0 Å². The second-order valence-electron chi connectivity index (χ2n) is 16.9. The number of fused-ring (bicyclic) bond motifs is 2. The van der Waals surface area contributed by atoms with E-state index in [9.17, 15) is 19.2 Å². The summed E-state index contributed by atoms with van der Waals surface area (Å²) in [4.78, 5) is 84.6. The van der Waals surface area contributed by atoms with Gasteiger partial charge in [-0.05, 0) is 105 Å². The molecule has 1 unspecified atom stereocenters. The Labute approximate surface area is 397 Å². The van der Waals surface area contributed by atoms with Crippen molar-refractivity contribution in [3.8, 4) is 34.4 Å². The molecule has 8 heterocycles. The average Bonchev–Trinajstić information content (AvgIpc) is 3.98. The molecule has 2 aromatic carbocycles. The third-order valence-corrected chi connectivity index (χ3v) is 12.8. The predicted molar refractivity (Wildman–Crippen MR) is 260 cm³/mol. The highest BCUT2D eigenvalue weighted by atomic mass is 16.2. The molecule has 2 aliphatic rings. The van der Waals surface area contributed by atoms with Crippen LogP contribution in [-0.2, 0) is 9.59 Å². The van der Waals surface area contributed by atoms with Crippen molar-refractivity contribution in [3.63, 3.8) is 0 Å². The first-order chi connectivity index (χ1) is 33.8. The third kappa shape index (κ3) is 8.81. The number of imidazole rings is 2. The summed E-state index contributed by atoms with van der Waals surface area (Å²) in [5.74, 6) is 6.61. The maximum Gasteiger partial charge on any atom is 0.299 e. The number of hydrogen-bond donors (Lipinski definition) is 2. The van der Waals surface area contributed by atoms with E-state index in [1.807, 2.05) is 62.5 Å². The second kappa shape index (κ2) is 19.2. The lowest BCUT2D eigenvalue weighted by Crippen LogP contribution is -2.41. The van der Waals surface area contributed by atoms with Gasteiger partial charge >= 0.3 is 0 Å². The van der Waals surface area contributed by atoms with Crippen molar-refractivity contribution in [1.82, 2.24) is 48.5 Å². The summed E-state index contributed by atoms with van der Waals surface area (Å²) in [5.41, 5.74) is 6.34. The molecule has 0 radical (unpaired) electrons. The minimum Gasteiger partial charge on any atom is -0.328 e. The van der Waals surface area contributed by atoms with Gasteiger partial charge in [0.2, 0.25) is 5.91 Å². The van der Waals surface area contributed by atoms with E-state index in [0.29, 0.717) is 59.5 Å². The highest BCUT2D eigenvalue weighted by Gasteiger charge is 2.36. The zero-order valence-electron chi connectivity index (χ0n) is 37.7. The standard InChI is InChI=1S/C53H46N12O4/c1-3-9-47(67)62-27-8-6-10-40(62)50-60-48(42-31-54-25-28-63(42)50)34-14-18-37(19-15-34)53(69)59-45-30-38(22-24-57-45)39-20-21-41(65(33-39)46(66)4-2)51-61-49(43-32-55-26-29-64(43)51)35-12-16-36(17-13-35)52(68)58-44-11-5-7-23-56-44/h4-5,7,11-19,22-26,28-32,39-41H,2,6,8,10,20-21,27,33H2,1H3,(H,56,58,68)(H,57,59,69)/t39?,40-,41-/m0/s1. The minimum absolute atomic E-state index is 0.0669. The van der Waals surface area contributed by atoms with Crippen molar-refractivity contribution in [1.29, 1.82) is 0 Å². The summed E-state index contributed by atoms with van der Waals surface area (Å²) in [6.45, 7) is 6.48. The Balaban J connectivity index is 0.845. The summed E-state index contributed by atoms with van der Waals surface area (Å²) in [5, 5.41) is 5.78. The highest BCUT2D eigenvalue weighted by molar-refractivity contribution is 6.05. The molecule has 2 saturated heterocycles. The van der Waals surface area contributed by atoms with Crippen LogP contribution in [0.25, 0.3) is 33.5 Å². The Bertz CT molecular complexity index is 3320. The molecule has 6 aromatic heterocycles. The molecule has 2 fully saturated rings. The molecule has 342 valence electrons. The van der Waals surface area contributed by atoms with Crippen LogP contribution in [0.1, 0.15) is 95.0 Å². The topological polar surface area (TPSA) is 185 Å². The summed E-state index contributed by atoms with van der Waals surface area (Å²) in [6, 6.07) is 22.9. The van der Waals surface area contributed by atoms with Crippen LogP contribution < -0.4 is 10.6 Å². The Kier molecular flexibility index (Phi) is 12.2. The Hall–Kier alpha value is -8.84. The minimum atomic E-state index is -0.377. The summed E-state index contributed by atoms with van der Waals surface area (Å²) >= 11 is 0. The molecule has 0 aliphatic carbocycles. The number of nitrogens with zero attached hydrogens (tertiary/aromatic N) is 10. The van der Waals surface area contributed by atoms with Crippen molar-refractivity contribution in [2.75, 3.05) is 23.7 Å². The van der Waals surface area contributed by atoms with E-state index in [0.717, 1.165) is 59.2 Å². The van der Waals surface area contributed by atoms with Crippen LogP contribution in [0.5, 0.6) is 0 Å². The zero-order chi connectivity index (χ0) is 47.4. The van der Waals surface area contributed by atoms with Gasteiger partial charge in [0.25, 0.3) is 17.7 Å². The van der Waals surface area contributed by atoms with Gasteiger partial charge in [-0.1, -0.05) is 42.8 Å². The van der Waals surface area contributed by atoms with E-state index in [4.69, 9.17) is 9.97 Å². The van der Waals surface area contributed by atoms with Gasteiger partial charge in [0, 0.05) is 78.4 Å². The van der Waals surface area contributed by atoms with Gasteiger partial charge in [-0.25, -0.2) is 19.9 Å². The van der Waals surface area contributed by atoms with Gasteiger partial charge in [0.05, 0.1) is 46.9 Å². The molecule has 16 heteroatoms. The van der Waals surface area contributed by atoms with Crippen LogP contribution in [0.4, 0.5) is 11.6 Å². The quantitative estimate of drug-likeness (QED) is 0.100. The fraction of sp³-hybridized carbons (Fsp3) is 0.208. The summed E-state index contributed by atoms with van der Waals surface area (Å²) in [7, 11) is 0. The number of hydrogen-bond acceptors (Lipinski definition) is 10. The lowest BCUT2D eigenvalue weighted by molar-refractivity contribution is -0.130. The maximum absolute atomic E-state index is 13.7. The molecule has 4 amide bonds. The van der Waals surface area contributed by atoms with E-state index < -0.39 is 0 Å².